The van der Waals surface area contributed by atoms with Crippen molar-refractivity contribution in [2.24, 2.45) is 4.40 Å². The van der Waals surface area contributed by atoms with Gasteiger partial charge in [0.05, 0.1) is 30.7 Å². The minimum Gasteiger partial charge on any atom is -0.495 e. The largest absolute Gasteiger partial charge is 0.495 e. The Labute approximate surface area is 157 Å². The van der Waals surface area contributed by atoms with Crippen LogP contribution in [0.2, 0.25) is 0 Å². The van der Waals surface area contributed by atoms with Crippen LogP contribution in [0.3, 0.4) is 0 Å². The van der Waals surface area contributed by atoms with Gasteiger partial charge in [0.25, 0.3) is 0 Å². The lowest BCUT2D eigenvalue weighted by molar-refractivity contribution is -0.138. The van der Waals surface area contributed by atoms with Crippen LogP contribution in [0.5, 0.6) is 5.75 Å². The van der Waals surface area contributed by atoms with E-state index in [0.29, 0.717) is 15.7 Å². The van der Waals surface area contributed by atoms with Crippen LogP contribution in [-0.4, -0.2) is 50.6 Å². The van der Waals surface area contributed by atoms with Crippen molar-refractivity contribution in [1.82, 2.24) is 4.31 Å². The first kappa shape index (κ1) is 20.4. The van der Waals surface area contributed by atoms with Crippen LogP contribution in [-0.2, 0) is 24.5 Å². The molecule has 1 aromatic carbocycles. The molecule has 0 saturated carbocycles. The van der Waals surface area contributed by atoms with Crippen LogP contribution in [0.4, 0.5) is 5.69 Å². The number of carbonyl (C=O) groups excluding carboxylic acids is 2. The molecule has 1 aromatic rings. The van der Waals surface area contributed by atoms with E-state index in [0.717, 1.165) is 11.8 Å². The van der Waals surface area contributed by atoms with E-state index >= 15 is 0 Å². The molecule has 1 aliphatic heterocycles. The fourth-order valence-electron chi connectivity index (χ4n) is 2.37. The summed E-state index contributed by atoms with van der Waals surface area (Å²) in [5, 5.41) is 2.60. The van der Waals surface area contributed by atoms with Crippen molar-refractivity contribution in [2.45, 2.75) is 20.8 Å². The SMILES string of the molecule is CCOC(=O)C1=CN(CC(=O)Nc2cc(C)ccc2OC)S(=O)(=O)N=C1C. The number of nitrogens with zero attached hydrogens (tertiary/aromatic N) is 2. The summed E-state index contributed by atoms with van der Waals surface area (Å²) in [4.78, 5) is 24.3. The van der Waals surface area contributed by atoms with Gasteiger partial charge in [-0.15, -0.1) is 4.40 Å². The molecule has 10 heteroatoms. The van der Waals surface area contributed by atoms with Gasteiger partial charge in [0.1, 0.15) is 12.3 Å². The van der Waals surface area contributed by atoms with Gasteiger partial charge in [0.2, 0.25) is 5.91 Å². The minimum atomic E-state index is -4.12. The maximum atomic E-state index is 12.4. The van der Waals surface area contributed by atoms with Crippen LogP contribution < -0.4 is 10.1 Å². The summed E-state index contributed by atoms with van der Waals surface area (Å²) in [5.74, 6) is -0.886. The molecule has 146 valence electrons. The van der Waals surface area contributed by atoms with Crippen LogP contribution in [0, 0.1) is 6.92 Å². The Kier molecular flexibility index (Phi) is 6.21. The van der Waals surface area contributed by atoms with Crippen LogP contribution in [0.25, 0.3) is 0 Å². The molecule has 0 unspecified atom stereocenters. The quantitative estimate of drug-likeness (QED) is 0.729. The van der Waals surface area contributed by atoms with Gasteiger partial charge in [-0.2, -0.15) is 8.42 Å². The number of hydrogen-bond donors (Lipinski definition) is 1. The molecule has 0 atom stereocenters. The van der Waals surface area contributed by atoms with Gasteiger partial charge in [-0.05, 0) is 38.5 Å². The summed E-state index contributed by atoms with van der Waals surface area (Å²) in [6.07, 6.45) is 1.06. The monoisotopic (exact) mass is 395 g/mol. The van der Waals surface area contributed by atoms with Gasteiger partial charge in [0, 0.05) is 6.20 Å². The van der Waals surface area contributed by atoms with Gasteiger partial charge in [0.15, 0.2) is 0 Å². The molecule has 0 aliphatic carbocycles. The van der Waals surface area contributed by atoms with Crippen molar-refractivity contribution < 1.29 is 27.5 Å². The summed E-state index contributed by atoms with van der Waals surface area (Å²) >= 11 is 0. The van der Waals surface area contributed by atoms with E-state index in [1.165, 1.54) is 14.0 Å². The number of nitrogens with one attached hydrogen (secondary N) is 1. The second-order valence-corrected chi connectivity index (χ2v) is 7.26. The predicted octanol–water partition coefficient (Wildman–Crippen LogP) is 1.41. The van der Waals surface area contributed by atoms with Crippen LogP contribution in [0.15, 0.2) is 34.4 Å². The average Bonchev–Trinajstić information content (AvgIpc) is 2.57. The molecule has 1 amide bonds. The molecule has 0 bridgehead atoms. The molecular weight excluding hydrogens is 374 g/mol. The first-order valence-electron chi connectivity index (χ1n) is 8.10. The number of amides is 1. The number of ether oxygens (including phenoxy) is 2. The summed E-state index contributed by atoms with van der Waals surface area (Å²) in [5.41, 5.74) is 1.28. The molecule has 0 fully saturated rings. The lowest BCUT2D eigenvalue weighted by Gasteiger charge is -2.23. The van der Waals surface area contributed by atoms with Gasteiger partial charge in [-0.3, -0.25) is 4.79 Å². The predicted molar refractivity (Wildman–Crippen MR) is 99.8 cm³/mol. The zero-order chi connectivity index (χ0) is 20.2. The van der Waals surface area contributed by atoms with Crippen molar-refractivity contribution in [2.75, 3.05) is 25.6 Å². The Morgan fingerprint density at radius 1 is 1.26 bits per heavy atom. The summed E-state index contributed by atoms with van der Waals surface area (Å²) in [6, 6.07) is 5.20. The number of hydrogen-bond acceptors (Lipinski definition) is 6. The Morgan fingerprint density at radius 3 is 2.59 bits per heavy atom. The number of rotatable bonds is 6. The lowest BCUT2D eigenvalue weighted by atomic mass is 10.2. The van der Waals surface area contributed by atoms with Gasteiger partial charge >= 0.3 is 16.2 Å². The second-order valence-electron chi connectivity index (χ2n) is 5.71. The topological polar surface area (TPSA) is 114 Å². The van der Waals surface area contributed by atoms with E-state index in [1.807, 2.05) is 13.0 Å². The zero-order valence-electron chi connectivity index (χ0n) is 15.5. The molecule has 0 saturated heterocycles. The third-order valence-electron chi connectivity index (χ3n) is 3.64. The molecule has 27 heavy (non-hydrogen) atoms. The molecular formula is C17H21N3O6S. The number of benzene rings is 1. The number of methoxy groups -OCH3 is 1. The fourth-order valence-corrected chi connectivity index (χ4v) is 3.43. The van der Waals surface area contributed by atoms with Gasteiger partial charge in [-0.25, -0.2) is 9.10 Å². The molecule has 1 N–H and O–H groups in total. The standard InChI is InChI=1S/C17H21N3O6S/c1-5-26-17(22)13-9-20(27(23,24)19-12(13)3)10-16(21)18-14-8-11(2)6-7-15(14)25-4/h6-9H,5,10H2,1-4H3,(H,18,21). The molecule has 2 rings (SSSR count). The molecule has 0 spiro atoms. The van der Waals surface area contributed by atoms with Crippen molar-refractivity contribution in [3.05, 3.63) is 35.5 Å². The van der Waals surface area contributed by atoms with Crippen molar-refractivity contribution in [1.29, 1.82) is 0 Å². The Bertz CT molecular complexity index is 921. The highest BCUT2D eigenvalue weighted by atomic mass is 32.2. The van der Waals surface area contributed by atoms with Crippen LogP contribution in [0.1, 0.15) is 19.4 Å². The lowest BCUT2D eigenvalue weighted by Crippen LogP contribution is -2.37. The fraction of sp³-hybridized carbons (Fsp3) is 0.353. The molecule has 1 heterocycles. The number of esters is 1. The van der Waals surface area contributed by atoms with E-state index in [-0.39, 0.29) is 17.9 Å². The molecule has 0 radical (unpaired) electrons. The average molecular weight is 395 g/mol. The van der Waals surface area contributed by atoms with Gasteiger partial charge in [-0.1, -0.05) is 6.07 Å². The van der Waals surface area contributed by atoms with Gasteiger partial charge < -0.3 is 14.8 Å². The smallest absolute Gasteiger partial charge is 0.344 e. The highest BCUT2D eigenvalue weighted by Gasteiger charge is 2.30. The van der Waals surface area contributed by atoms with Crippen molar-refractivity contribution >= 4 is 33.5 Å². The first-order chi connectivity index (χ1) is 12.7. The minimum absolute atomic E-state index is 0.00506. The summed E-state index contributed by atoms with van der Waals surface area (Å²) in [6.45, 7) is 4.43. The number of anilines is 1. The Morgan fingerprint density at radius 2 is 1.96 bits per heavy atom. The molecule has 0 aromatic heterocycles. The third-order valence-corrected chi connectivity index (χ3v) is 4.97. The van der Waals surface area contributed by atoms with E-state index in [2.05, 4.69) is 9.71 Å². The zero-order valence-corrected chi connectivity index (χ0v) is 16.3. The Hall–Kier alpha value is -2.88. The maximum Gasteiger partial charge on any atom is 0.344 e. The number of aryl methyl sites for hydroxylation is 1. The van der Waals surface area contributed by atoms with E-state index < -0.39 is 28.6 Å². The third kappa shape index (κ3) is 4.85. The highest BCUT2D eigenvalue weighted by Crippen LogP contribution is 2.25. The maximum absolute atomic E-state index is 12.4. The normalized spacial score (nSPS) is 15.5. The Balaban J connectivity index is 2.23. The second kappa shape index (κ2) is 8.21. The van der Waals surface area contributed by atoms with Crippen LogP contribution >= 0.6 is 0 Å². The van der Waals surface area contributed by atoms with E-state index in [9.17, 15) is 18.0 Å². The van der Waals surface area contributed by atoms with Crippen molar-refractivity contribution in [3.63, 3.8) is 0 Å². The van der Waals surface area contributed by atoms with E-state index in [1.54, 1.807) is 19.1 Å². The molecule has 1 aliphatic rings. The van der Waals surface area contributed by atoms with Crippen molar-refractivity contribution in [3.8, 4) is 5.75 Å². The first-order valence-corrected chi connectivity index (χ1v) is 9.49. The number of carbonyl (C=O) groups is 2. The van der Waals surface area contributed by atoms with E-state index in [4.69, 9.17) is 9.47 Å². The highest BCUT2D eigenvalue weighted by molar-refractivity contribution is 7.88. The molecule has 9 nitrogen and oxygen atoms in total. The summed E-state index contributed by atoms with van der Waals surface area (Å²) < 4.78 is 38.7. The summed E-state index contributed by atoms with van der Waals surface area (Å²) in [7, 11) is -2.66.